The molecule has 0 saturated carbocycles. The van der Waals surface area contributed by atoms with Crippen molar-refractivity contribution in [2.75, 3.05) is 0 Å². The molecule has 3 aromatic rings. The third-order valence-electron chi connectivity index (χ3n) is 4.50. The molecule has 152 valence electrons. The van der Waals surface area contributed by atoms with Crippen LogP contribution in [0.25, 0.3) is 10.9 Å². The van der Waals surface area contributed by atoms with E-state index in [-0.39, 0.29) is 17.4 Å². The average Bonchev–Trinajstić information content (AvgIpc) is 2.70. The molecule has 6 nitrogen and oxygen atoms in total. The number of carbonyl (C=O) groups excluding carboxylic acids is 1. The number of hydrogen-bond acceptors (Lipinski definition) is 4. The molecule has 8 heteroatoms. The van der Waals surface area contributed by atoms with E-state index in [1.54, 1.807) is 68.6 Å². The number of fused-ring (bicyclic) bond motifs is 1. The maximum absolute atomic E-state index is 13.0. The van der Waals surface area contributed by atoms with Crippen molar-refractivity contribution in [2.24, 2.45) is 5.92 Å². The molecule has 1 heterocycles. The fraction of sp³-hybridized carbons (Fsp3) is 0.238. The number of sulfonamides is 1. The Kier molecular flexibility index (Phi) is 6.52. The largest absolute Gasteiger partial charge is 0.351 e. The predicted molar refractivity (Wildman–Crippen MR) is 114 cm³/mol. The molecule has 2 aromatic carbocycles. The van der Waals surface area contributed by atoms with Gasteiger partial charge in [0.25, 0.3) is 0 Å². The lowest BCUT2D eigenvalue weighted by Crippen LogP contribution is -2.49. The van der Waals surface area contributed by atoms with Crippen LogP contribution in [0.1, 0.15) is 19.4 Å². The molecule has 1 atom stereocenters. The first-order valence-corrected chi connectivity index (χ1v) is 11.0. The second-order valence-corrected chi connectivity index (χ2v) is 9.14. The lowest BCUT2D eigenvalue weighted by molar-refractivity contribution is -0.123. The summed E-state index contributed by atoms with van der Waals surface area (Å²) in [7, 11) is -3.96. The molecule has 1 amide bonds. The minimum Gasteiger partial charge on any atom is -0.351 e. The molecule has 2 N–H and O–H groups in total. The molecule has 0 bridgehead atoms. The van der Waals surface area contributed by atoms with Crippen LogP contribution in [0.15, 0.2) is 65.7 Å². The summed E-state index contributed by atoms with van der Waals surface area (Å²) in [6, 6.07) is 14.6. The van der Waals surface area contributed by atoms with Crippen molar-refractivity contribution in [1.82, 2.24) is 15.0 Å². The van der Waals surface area contributed by atoms with E-state index in [0.717, 1.165) is 5.56 Å². The van der Waals surface area contributed by atoms with Crippen molar-refractivity contribution < 1.29 is 13.2 Å². The Hall–Kier alpha value is -2.48. The van der Waals surface area contributed by atoms with Crippen LogP contribution in [0, 0.1) is 5.92 Å². The smallest absolute Gasteiger partial charge is 0.243 e. The van der Waals surface area contributed by atoms with E-state index in [1.807, 2.05) is 0 Å². The molecule has 0 aliphatic carbocycles. The van der Waals surface area contributed by atoms with Crippen molar-refractivity contribution in [3.8, 4) is 0 Å². The van der Waals surface area contributed by atoms with Gasteiger partial charge < -0.3 is 5.32 Å². The molecule has 0 saturated heterocycles. The van der Waals surface area contributed by atoms with Gasteiger partial charge >= 0.3 is 0 Å². The summed E-state index contributed by atoms with van der Waals surface area (Å²) in [6.45, 7) is 3.85. The predicted octanol–water partition coefficient (Wildman–Crippen LogP) is 3.51. The number of carbonyl (C=O) groups is 1. The fourth-order valence-corrected chi connectivity index (χ4v) is 4.57. The van der Waals surface area contributed by atoms with Crippen molar-refractivity contribution in [1.29, 1.82) is 0 Å². The van der Waals surface area contributed by atoms with Gasteiger partial charge in [-0.25, -0.2) is 8.42 Å². The van der Waals surface area contributed by atoms with Gasteiger partial charge in [0, 0.05) is 23.2 Å². The summed E-state index contributed by atoms with van der Waals surface area (Å²) in [5.74, 6) is -0.648. The number of aromatic nitrogens is 1. The highest BCUT2D eigenvalue weighted by molar-refractivity contribution is 7.89. The van der Waals surface area contributed by atoms with E-state index >= 15 is 0 Å². The highest BCUT2D eigenvalue weighted by Crippen LogP contribution is 2.21. The van der Waals surface area contributed by atoms with Crippen molar-refractivity contribution >= 4 is 38.4 Å². The van der Waals surface area contributed by atoms with Gasteiger partial charge in [0.05, 0.1) is 5.52 Å². The first-order valence-electron chi connectivity index (χ1n) is 9.16. The van der Waals surface area contributed by atoms with E-state index < -0.39 is 22.0 Å². The van der Waals surface area contributed by atoms with Gasteiger partial charge in [0.2, 0.25) is 15.9 Å². The maximum atomic E-state index is 13.0. The quantitative estimate of drug-likeness (QED) is 0.599. The minimum absolute atomic E-state index is 0.0479. The first kappa shape index (κ1) is 21.2. The topological polar surface area (TPSA) is 88.2 Å². The summed E-state index contributed by atoms with van der Waals surface area (Å²) in [5, 5.41) is 4.11. The van der Waals surface area contributed by atoms with E-state index in [4.69, 9.17) is 11.6 Å². The molecule has 0 spiro atoms. The van der Waals surface area contributed by atoms with Crippen LogP contribution < -0.4 is 10.0 Å². The third-order valence-corrected chi connectivity index (χ3v) is 6.22. The Morgan fingerprint density at radius 1 is 1.07 bits per heavy atom. The van der Waals surface area contributed by atoms with Gasteiger partial charge in [0.1, 0.15) is 10.9 Å². The van der Waals surface area contributed by atoms with Gasteiger partial charge in [-0.05, 0) is 35.7 Å². The number of rotatable bonds is 7. The molecule has 0 fully saturated rings. The molecular weight excluding hydrogens is 410 g/mol. The molecular formula is C21H22ClN3O3S. The molecule has 3 rings (SSSR count). The molecule has 0 aliphatic rings. The van der Waals surface area contributed by atoms with Crippen LogP contribution >= 0.6 is 11.6 Å². The number of hydrogen-bond donors (Lipinski definition) is 2. The lowest BCUT2D eigenvalue weighted by Gasteiger charge is -2.22. The summed E-state index contributed by atoms with van der Waals surface area (Å²) >= 11 is 5.87. The zero-order valence-electron chi connectivity index (χ0n) is 16.1. The van der Waals surface area contributed by atoms with Crippen LogP contribution in [0.2, 0.25) is 5.02 Å². The number of amides is 1. The number of nitrogens with zero attached hydrogens (tertiary/aromatic N) is 1. The monoisotopic (exact) mass is 431 g/mol. The number of nitrogens with one attached hydrogen (secondary N) is 2. The van der Waals surface area contributed by atoms with Gasteiger partial charge in [-0.3, -0.25) is 9.78 Å². The lowest BCUT2D eigenvalue weighted by atomic mass is 10.0. The fourth-order valence-electron chi connectivity index (χ4n) is 2.92. The zero-order chi connectivity index (χ0) is 21.0. The van der Waals surface area contributed by atoms with Gasteiger partial charge in [-0.15, -0.1) is 0 Å². The number of benzene rings is 2. The molecule has 0 aliphatic heterocycles. The van der Waals surface area contributed by atoms with E-state index in [0.29, 0.717) is 15.9 Å². The number of pyridine rings is 1. The van der Waals surface area contributed by atoms with E-state index in [2.05, 4.69) is 15.0 Å². The van der Waals surface area contributed by atoms with Crippen molar-refractivity contribution in [2.45, 2.75) is 31.3 Å². The Bertz CT molecular complexity index is 1110. The Morgan fingerprint density at radius 2 is 1.76 bits per heavy atom. The minimum atomic E-state index is -3.96. The van der Waals surface area contributed by atoms with Crippen LogP contribution in [-0.4, -0.2) is 25.4 Å². The van der Waals surface area contributed by atoms with E-state index in [9.17, 15) is 13.2 Å². The van der Waals surface area contributed by atoms with Gasteiger partial charge in [-0.1, -0.05) is 55.8 Å². The van der Waals surface area contributed by atoms with Crippen molar-refractivity contribution in [3.63, 3.8) is 0 Å². The Labute approximate surface area is 175 Å². The summed E-state index contributed by atoms with van der Waals surface area (Å²) in [4.78, 5) is 17.0. The maximum Gasteiger partial charge on any atom is 0.243 e. The summed E-state index contributed by atoms with van der Waals surface area (Å²) in [5.41, 5.74) is 1.23. The SMILES string of the molecule is CC(C)[C@H](NS(=O)(=O)c1cccc2cccnc12)C(=O)NCc1ccc(Cl)cc1. The average molecular weight is 432 g/mol. The molecule has 29 heavy (non-hydrogen) atoms. The van der Waals surface area contributed by atoms with Gasteiger partial charge in [-0.2, -0.15) is 4.72 Å². The Morgan fingerprint density at radius 3 is 2.45 bits per heavy atom. The summed E-state index contributed by atoms with van der Waals surface area (Å²) < 4.78 is 28.6. The highest BCUT2D eigenvalue weighted by atomic mass is 35.5. The van der Waals surface area contributed by atoms with Gasteiger partial charge in [0.15, 0.2) is 0 Å². The Balaban J connectivity index is 1.80. The van der Waals surface area contributed by atoms with Crippen molar-refractivity contribution in [3.05, 3.63) is 71.4 Å². The standard InChI is InChI=1S/C21H22ClN3O3S/c1-14(2)19(21(26)24-13-15-8-10-17(22)11-9-15)25-29(27,28)18-7-3-5-16-6-4-12-23-20(16)18/h3-12,14,19,25H,13H2,1-2H3,(H,24,26)/t19-/m0/s1. The summed E-state index contributed by atoms with van der Waals surface area (Å²) in [6.07, 6.45) is 1.54. The molecule has 0 radical (unpaired) electrons. The third kappa shape index (κ3) is 5.12. The van der Waals surface area contributed by atoms with E-state index in [1.165, 1.54) is 6.07 Å². The molecule has 0 unspecified atom stereocenters. The van der Waals surface area contributed by atoms with Crippen LogP contribution in [-0.2, 0) is 21.4 Å². The highest BCUT2D eigenvalue weighted by Gasteiger charge is 2.29. The number of para-hydroxylation sites is 1. The van der Waals surface area contributed by atoms with Crippen LogP contribution in [0.4, 0.5) is 0 Å². The van der Waals surface area contributed by atoms with Crippen LogP contribution in [0.3, 0.4) is 0 Å². The second kappa shape index (κ2) is 8.90. The number of halogens is 1. The normalized spacial score (nSPS) is 12.8. The second-order valence-electron chi connectivity index (χ2n) is 7.02. The zero-order valence-corrected chi connectivity index (χ0v) is 17.7. The van der Waals surface area contributed by atoms with Crippen LogP contribution in [0.5, 0.6) is 0 Å². The molecule has 1 aromatic heterocycles. The first-order chi connectivity index (χ1) is 13.8.